The fraction of sp³-hybridized carbons (Fsp3) is 0.800. The molecule has 1 aliphatic rings. The molecule has 0 saturated carbocycles. The second kappa shape index (κ2) is 3.91. The third-order valence-corrected chi connectivity index (χ3v) is 2.36. The summed E-state index contributed by atoms with van der Waals surface area (Å²) in [7, 11) is 0. The van der Waals surface area contributed by atoms with Gasteiger partial charge in [0.2, 0.25) is 0 Å². The lowest BCUT2D eigenvalue weighted by molar-refractivity contribution is 0.101. The Bertz CT molecular complexity index is 147. The average molecular weight is 154 g/mol. The Morgan fingerprint density at radius 1 is 1.64 bits per heavy atom. The lowest BCUT2D eigenvalue weighted by atomic mass is 9.92. The zero-order valence-electron chi connectivity index (χ0n) is 7.76. The van der Waals surface area contributed by atoms with Crippen LogP contribution < -0.4 is 0 Å². The second-order valence-electron chi connectivity index (χ2n) is 3.60. The number of hydrogen-bond acceptors (Lipinski definition) is 1. The fourth-order valence-corrected chi connectivity index (χ4v) is 1.33. The van der Waals surface area contributed by atoms with Gasteiger partial charge in [0.25, 0.3) is 0 Å². The maximum absolute atomic E-state index is 5.48. The van der Waals surface area contributed by atoms with E-state index in [9.17, 15) is 0 Å². The highest BCUT2D eigenvalue weighted by Gasteiger charge is 2.15. The first-order chi connectivity index (χ1) is 5.24. The van der Waals surface area contributed by atoms with Crippen LogP contribution in [-0.2, 0) is 4.74 Å². The van der Waals surface area contributed by atoms with E-state index in [1.165, 1.54) is 5.57 Å². The third-order valence-electron chi connectivity index (χ3n) is 2.36. The zero-order valence-corrected chi connectivity index (χ0v) is 7.76. The van der Waals surface area contributed by atoms with Gasteiger partial charge < -0.3 is 4.74 Å². The van der Waals surface area contributed by atoms with Crippen LogP contribution in [0.4, 0.5) is 0 Å². The molecule has 1 atom stereocenters. The Labute approximate surface area is 69.4 Å². The van der Waals surface area contributed by atoms with Crippen LogP contribution in [0, 0.1) is 11.8 Å². The maximum Gasteiger partial charge on any atom is 0.0677 e. The van der Waals surface area contributed by atoms with Crippen molar-refractivity contribution in [1.29, 1.82) is 0 Å². The molecule has 0 aliphatic carbocycles. The van der Waals surface area contributed by atoms with Crippen molar-refractivity contribution in [2.45, 2.75) is 27.2 Å². The van der Waals surface area contributed by atoms with Crippen molar-refractivity contribution < 1.29 is 4.74 Å². The van der Waals surface area contributed by atoms with Gasteiger partial charge in [0.05, 0.1) is 13.2 Å². The van der Waals surface area contributed by atoms with Crippen LogP contribution in [0.15, 0.2) is 11.6 Å². The molecule has 0 amide bonds. The molecule has 1 aliphatic heterocycles. The van der Waals surface area contributed by atoms with Gasteiger partial charge in [-0.2, -0.15) is 0 Å². The Morgan fingerprint density at radius 3 is 2.91 bits per heavy atom. The average Bonchev–Trinajstić information content (AvgIpc) is 2.05. The largest absolute Gasteiger partial charge is 0.376 e. The summed E-state index contributed by atoms with van der Waals surface area (Å²) in [6.45, 7) is 8.48. The molecule has 0 N–H and O–H groups in total. The van der Waals surface area contributed by atoms with Crippen molar-refractivity contribution in [3.05, 3.63) is 11.6 Å². The summed E-state index contributed by atoms with van der Waals surface area (Å²) in [4.78, 5) is 0. The fourth-order valence-electron chi connectivity index (χ4n) is 1.33. The number of ether oxygens (including phenoxy) is 1. The summed E-state index contributed by atoms with van der Waals surface area (Å²) < 4.78 is 5.48. The quantitative estimate of drug-likeness (QED) is 0.555. The molecule has 0 aromatic heterocycles. The molecule has 0 aromatic carbocycles. The topological polar surface area (TPSA) is 9.23 Å². The van der Waals surface area contributed by atoms with E-state index < -0.39 is 0 Å². The number of hydrogen-bond donors (Lipinski definition) is 0. The standard InChI is InChI=1S/C10H18O/c1-4-9-5-10(8(2)3)7-11-6-9/h5,8,10H,4,6-7H2,1-3H3. The summed E-state index contributed by atoms with van der Waals surface area (Å²) in [5.74, 6) is 1.37. The van der Waals surface area contributed by atoms with Gasteiger partial charge in [-0.05, 0) is 17.9 Å². The van der Waals surface area contributed by atoms with Crippen molar-refractivity contribution in [3.8, 4) is 0 Å². The van der Waals surface area contributed by atoms with Gasteiger partial charge in [-0.1, -0.05) is 26.8 Å². The van der Waals surface area contributed by atoms with Gasteiger partial charge in [0.15, 0.2) is 0 Å². The van der Waals surface area contributed by atoms with Crippen LogP contribution in [-0.4, -0.2) is 13.2 Å². The van der Waals surface area contributed by atoms with Gasteiger partial charge in [-0.15, -0.1) is 0 Å². The van der Waals surface area contributed by atoms with Crippen molar-refractivity contribution in [2.75, 3.05) is 13.2 Å². The van der Waals surface area contributed by atoms with Crippen molar-refractivity contribution in [3.63, 3.8) is 0 Å². The first-order valence-corrected chi connectivity index (χ1v) is 4.51. The highest BCUT2D eigenvalue weighted by molar-refractivity contribution is 5.07. The lowest BCUT2D eigenvalue weighted by Gasteiger charge is -2.23. The molecule has 1 heteroatoms. The predicted molar refractivity (Wildman–Crippen MR) is 47.5 cm³/mol. The Hall–Kier alpha value is -0.300. The maximum atomic E-state index is 5.48. The molecule has 0 spiro atoms. The molecule has 0 bridgehead atoms. The molecular formula is C10H18O. The van der Waals surface area contributed by atoms with Crippen LogP contribution >= 0.6 is 0 Å². The van der Waals surface area contributed by atoms with E-state index in [-0.39, 0.29) is 0 Å². The highest BCUT2D eigenvalue weighted by Crippen LogP contribution is 2.20. The molecule has 1 nitrogen and oxygen atoms in total. The van der Waals surface area contributed by atoms with Gasteiger partial charge in [-0.3, -0.25) is 0 Å². The van der Waals surface area contributed by atoms with E-state index in [1.807, 2.05) is 0 Å². The van der Waals surface area contributed by atoms with Crippen LogP contribution in [0.1, 0.15) is 27.2 Å². The van der Waals surface area contributed by atoms with Gasteiger partial charge in [0.1, 0.15) is 0 Å². The molecule has 0 saturated heterocycles. The summed E-state index contributed by atoms with van der Waals surface area (Å²) in [6.07, 6.45) is 3.54. The second-order valence-corrected chi connectivity index (χ2v) is 3.60. The van der Waals surface area contributed by atoms with Crippen molar-refractivity contribution in [1.82, 2.24) is 0 Å². The Kier molecular flexibility index (Phi) is 3.13. The first kappa shape index (κ1) is 8.79. The van der Waals surface area contributed by atoms with Crippen molar-refractivity contribution in [2.24, 2.45) is 11.8 Å². The molecular weight excluding hydrogens is 136 g/mol. The molecule has 11 heavy (non-hydrogen) atoms. The molecule has 1 unspecified atom stereocenters. The predicted octanol–water partition coefficient (Wildman–Crippen LogP) is 2.63. The summed E-state index contributed by atoms with van der Waals surface area (Å²) in [6, 6.07) is 0. The minimum absolute atomic E-state index is 0.652. The minimum atomic E-state index is 0.652. The molecule has 64 valence electrons. The van der Waals surface area contributed by atoms with Gasteiger partial charge >= 0.3 is 0 Å². The smallest absolute Gasteiger partial charge is 0.0677 e. The lowest BCUT2D eigenvalue weighted by Crippen LogP contribution is -2.20. The number of rotatable bonds is 2. The van der Waals surface area contributed by atoms with E-state index in [4.69, 9.17) is 4.74 Å². The third kappa shape index (κ3) is 2.33. The van der Waals surface area contributed by atoms with Gasteiger partial charge in [-0.25, -0.2) is 0 Å². The van der Waals surface area contributed by atoms with E-state index in [0.29, 0.717) is 5.92 Å². The highest BCUT2D eigenvalue weighted by atomic mass is 16.5. The SMILES string of the molecule is CCC1=CC(C(C)C)COC1. The van der Waals surface area contributed by atoms with Gasteiger partial charge in [0, 0.05) is 5.92 Å². The summed E-state index contributed by atoms with van der Waals surface area (Å²) >= 11 is 0. The van der Waals surface area contributed by atoms with Crippen LogP contribution in [0.2, 0.25) is 0 Å². The minimum Gasteiger partial charge on any atom is -0.376 e. The van der Waals surface area contributed by atoms with Crippen LogP contribution in [0.5, 0.6) is 0 Å². The van der Waals surface area contributed by atoms with Crippen molar-refractivity contribution >= 4 is 0 Å². The molecule has 1 heterocycles. The molecule has 1 rings (SSSR count). The zero-order chi connectivity index (χ0) is 8.27. The Morgan fingerprint density at radius 2 is 2.36 bits per heavy atom. The molecule has 0 fully saturated rings. The van der Waals surface area contributed by atoms with Crippen LogP contribution in [0.3, 0.4) is 0 Å². The molecule has 0 aromatic rings. The van der Waals surface area contributed by atoms with Crippen LogP contribution in [0.25, 0.3) is 0 Å². The van der Waals surface area contributed by atoms with E-state index >= 15 is 0 Å². The van der Waals surface area contributed by atoms with E-state index in [1.54, 1.807) is 0 Å². The normalized spacial score (nSPS) is 25.5. The summed E-state index contributed by atoms with van der Waals surface area (Å²) in [5.41, 5.74) is 1.47. The summed E-state index contributed by atoms with van der Waals surface area (Å²) in [5, 5.41) is 0. The van der Waals surface area contributed by atoms with E-state index in [0.717, 1.165) is 25.6 Å². The monoisotopic (exact) mass is 154 g/mol. The Balaban J connectivity index is 2.55. The van der Waals surface area contributed by atoms with E-state index in [2.05, 4.69) is 26.8 Å². The first-order valence-electron chi connectivity index (χ1n) is 4.51. The molecule has 0 radical (unpaired) electrons.